The van der Waals surface area contributed by atoms with Gasteiger partial charge in [-0.05, 0) is 6.92 Å². The minimum absolute atomic E-state index is 0.264. The van der Waals surface area contributed by atoms with Crippen LogP contribution in [0.4, 0.5) is 0 Å². The number of rotatable bonds is 2. The SMILES string of the molecule is COC(=O)[C@@H](C)n1cnc2nc[nH]c(=O)c21. The molecule has 0 saturated carbocycles. The summed E-state index contributed by atoms with van der Waals surface area (Å²) in [7, 11) is 1.29. The molecular formula is C9H10N4O3. The molecule has 7 heteroatoms. The van der Waals surface area contributed by atoms with Gasteiger partial charge in [0, 0.05) is 0 Å². The normalized spacial score (nSPS) is 12.6. The van der Waals surface area contributed by atoms with E-state index < -0.39 is 12.0 Å². The second-order valence-electron chi connectivity index (χ2n) is 3.25. The van der Waals surface area contributed by atoms with Crippen LogP contribution in [0.5, 0.6) is 0 Å². The van der Waals surface area contributed by atoms with Crippen molar-refractivity contribution in [3.8, 4) is 0 Å². The Morgan fingerprint density at radius 1 is 1.56 bits per heavy atom. The molecule has 1 N–H and O–H groups in total. The summed E-state index contributed by atoms with van der Waals surface area (Å²) in [4.78, 5) is 33.2. The molecule has 0 fully saturated rings. The number of aromatic nitrogens is 4. The first-order chi connectivity index (χ1) is 7.65. The van der Waals surface area contributed by atoms with Gasteiger partial charge < -0.3 is 14.3 Å². The van der Waals surface area contributed by atoms with Crippen LogP contribution in [0.2, 0.25) is 0 Å². The first-order valence-electron chi connectivity index (χ1n) is 4.63. The van der Waals surface area contributed by atoms with Gasteiger partial charge in [-0.15, -0.1) is 0 Å². The van der Waals surface area contributed by atoms with Gasteiger partial charge >= 0.3 is 5.97 Å². The zero-order valence-electron chi connectivity index (χ0n) is 8.80. The van der Waals surface area contributed by atoms with E-state index in [1.807, 2.05) is 0 Å². The fourth-order valence-electron chi connectivity index (χ4n) is 1.46. The van der Waals surface area contributed by atoms with Gasteiger partial charge in [0.2, 0.25) is 0 Å². The van der Waals surface area contributed by atoms with Crippen LogP contribution in [-0.2, 0) is 9.53 Å². The zero-order valence-corrected chi connectivity index (χ0v) is 8.80. The highest BCUT2D eigenvalue weighted by atomic mass is 16.5. The Bertz CT molecular complexity index is 586. The molecule has 0 aliphatic carbocycles. The van der Waals surface area contributed by atoms with E-state index in [0.29, 0.717) is 5.65 Å². The third-order valence-electron chi connectivity index (χ3n) is 2.33. The summed E-state index contributed by atoms with van der Waals surface area (Å²) in [6.45, 7) is 1.62. The van der Waals surface area contributed by atoms with Crippen molar-refractivity contribution in [2.75, 3.05) is 7.11 Å². The maximum atomic E-state index is 11.6. The Morgan fingerprint density at radius 2 is 2.31 bits per heavy atom. The molecule has 0 spiro atoms. The number of carbonyl (C=O) groups excluding carboxylic acids is 1. The van der Waals surface area contributed by atoms with Crippen molar-refractivity contribution in [1.29, 1.82) is 0 Å². The summed E-state index contributed by atoms with van der Waals surface area (Å²) in [5, 5.41) is 0. The van der Waals surface area contributed by atoms with Crippen molar-refractivity contribution in [2.45, 2.75) is 13.0 Å². The zero-order chi connectivity index (χ0) is 11.7. The highest BCUT2D eigenvalue weighted by Gasteiger charge is 2.19. The molecule has 0 unspecified atom stereocenters. The van der Waals surface area contributed by atoms with Crippen LogP contribution < -0.4 is 5.56 Å². The summed E-state index contributed by atoms with van der Waals surface area (Å²) in [6.07, 6.45) is 2.67. The molecule has 2 aromatic rings. The fraction of sp³-hybridized carbons (Fsp3) is 0.333. The standard InChI is InChI=1S/C9H10N4O3/c1-5(9(15)16-2)13-4-12-7-6(13)8(14)11-3-10-7/h3-5H,1-2H3,(H,10,11,14)/t5-/m1/s1. The van der Waals surface area contributed by atoms with Gasteiger partial charge in [-0.1, -0.05) is 0 Å². The molecule has 2 rings (SSSR count). The molecule has 7 nitrogen and oxygen atoms in total. The van der Waals surface area contributed by atoms with Gasteiger partial charge in [-0.3, -0.25) is 4.79 Å². The molecule has 16 heavy (non-hydrogen) atoms. The van der Waals surface area contributed by atoms with Crippen LogP contribution in [0.1, 0.15) is 13.0 Å². The fourth-order valence-corrected chi connectivity index (χ4v) is 1.46. The minimum Gasteiger partial charge on any atom is -0.467 e. The van der Waals surface area contributed by atoms with E-state index in [1.54, 1.807) is 6.92 Å². The van der Waals surface area contributed by atoms with Crippen LogP contribution in [0.25, 0.3) is 11.2 Å². The molecule has 0 aliphatic heterocycles. The van der Waals surface area contributed by atoms with E-state index in [4.69, 9.17) is 0 Å². The summed E-state index contributed by atoms with van der Waals surface area (Å²) in [6, 6.07) is -0.611. The number of methoxy groups -OCH3 is 1. The topological polar surface area (TPSA) is 89.9 Å². The minimum atomic E-state index is -0.611. The number of hydrogen-bond donors (Lipinski definition) is 1. The molecule has 0 radical (unpaired) electrons. The van der Waals surface area contributed by atoms with Crippen LogP contribution in [0.3, 0.4) is 0 Å². The largest absolute Gasteiger partial charge is 0.467 e. The van der Waals surface area contributed by atoms with Crippen molar-refractivity contribution >= 4 is 17.1 Å². The summed E-state index contributed by atoms with van der Waals surface area (Å²) < 4.78 is 6.04. The Labute approximate surface area is 90.1 Å². The average molecular weight is 222 g/mol. The number of imidazole rings is 1. The number of esters is 1. The molecule has 1 atom stereocenters. The predicted octanol–water partition coefficient (Wildman–Crippen LogP) is -0.146. The van der Waals surface area contributed by atoms with Crippen LogP contribution >= 0.6 is 0 Å². The molecule has 2 aromatic heterocycles. The molecule has 0 aromatic carbocycles. The number of nitrogens with one attached hydrogen (secondary N) is 1. The Kier molecular flexibility index (Phi) is 2.43. The number of ether oxygens (including phenoxy) is 1. The number of hydrogen-bond acceptors (Lipinski definition) is 5. The lowest BCUT2D eigenvalue weighted by atomic mass is 10.3. The van der Waals surface area contributed by atoms with Gasteiger partial charge in [0.25, 0.3) is 5.56 Å². The maximum Gasteiger partial charge on any atom is 0.328 e. The van der Waals surface area contributed by atoms with Crippen LogP contribution in [0.15, 0.2) is 17.4 Å². The number of fused-ring (bicyclic) bond motifs is 1. The van der Waals surface area contributed by atoms with Gasteiger partial charge in [0.15, 0.2) is 11.2 Å². The molecule has 0 aliphatic rings. The number of aromatic amines is 1. The molecule has 0 bridgehead atoms. The van der Waals surface area contributed by atoms with E-state index >= 15 is 0 Å². The van der Waals surface area contributed by atoms with E-state index in [-0.39, 0.29) is 11.1 Å². The Morgan fingerprint density at radius 3 is 3.00 bits per heavy atom. The Hall–Kier alpha value is -2.18. The highest BCUT2D eigenvalue weighted by molar-refractivity contribution is 5.77. The lowest BCUT2D eigenvalue weighted by Gasteiger charge is -2.10. The van der Waals surface area contributed by atoms with Crippen molar-refractivity contribution in [3.63, 3.8) is 0 Å². The maximum absolute atomic E-state index is 11.6. The average Bonchev–Trinajstić information content (AvgIpc) is 2.72. The van der Waals surface area contributed by atoms with E-state index in [2.05, 4.69) is 19.7 Å². The predicted molar refractivity (Wildman–Crippen MR) is 54.9 cm³/mol. The van der Waals surface area contributed by atoms with Crippen LogP contribution in [-0.4, -0.2) is 32.6 Å². The lowest BCUT2D eigenvalue weighted by Crippen LogP contribution is -2.20. The number of nitrogens with zero attached hydrogens (tertiary/aromatic N) is 3. The van der Waals surface area contributed by atoms with Gasteiger partial charge in [-0.2, -0.15) is 0 Å². The van der Waals surface area contributed by atoms with Crippen molar-refractivity contribution in [1.82, 2.24) is 19.5 Å². The summed E-state index contributed by atoms with van der Waals surface area (Å²) in [5.74, 6) is -0.442. The van der Waals surface area contributed by atoms with Crippen molar-refractivity contribution < 1.29 is 9.53 Å². The quantitative estimate of drug-likeness (QED) is 0.714. The van der Waals surface area contributed by atoms with Crippen molar-refractivity contribution in [2.24, 2.45) is 0 Å². The van der Waals surface area contributed by atoms with Crippen molar-refractivity contribution in [3.05, 3.63) is 23.0 Å². The van der Waals surface area contributed by atoms with Gasteiger partial charge in [0.1, 0.15) is 6.04 Å². The monoisotopic (exact) mass is 222 g/mol. The summed E-state index contributed by atoms with van der Waals surface area (Å²) >= 11 is 0. The third kappa shape index (κ3) is 1.46. The second kappa shape index (κ2) is 3.76. The second-order valence-corrected chi connectivity index (χ2v) is 3.25. The third-order valence-corrected chi connectivity index (χ3v) is 2.33. The molecule has 84 valence electrons. The molecule has 0 saturated heterocycles. The molecule has 0 amide bonds. The molecular weight excluding hydrogens is 212 g/mol. The van der Waals surface area contributed by atoms with E-state index in [0.717, 1.165) is 0 Å². The van der Waals surface area contributed by atoms with E-state index in [1.165, 1.54) is 24.3 Å². The number of carbonyl (C=O) groups is 1. The lowest BCUT2D eigenvalue weighted by molar-refractivity contribution is -0.143. The van der Waals surface area contributed by atoms with Gasteiger partial charge in [0.05, 0.1) is 19.8 Å². The number of H-pyrrole nitrogens is 1. The molecule has 2 heterocycles. The summed E-state index contributed by atoms with van der Waals surface area (Å²) in [5.41, 5.74) is 0.234. The Balaban J connectivity index is 2.62. The van der Waals surface area contributed by atoms with Crippen LogP contribution in [0, 0.1) is 0 Å². The first kappa shape index (κ1) is 10.3. The first-order valence-corrected chi connectivity index (χ1v) is 4.63. The smallest absolute Gasteiger partial charge is 0.328 e. The van der Waals surface area contributed by atoms with E-state index in [9.17, 15) is 9.59 Å². The van der Waals surface area contributed by atoms with Gasteiger partial charge in [-0.25, -0.2) is 14.8 Å². The highest BCUT2D eigenvalue weighted by Crippen LogP contribution is 2.13.